The molecule has 0 fully saturated rings. The summed E-state index contributed by atoms with van der Waals surface area (Å²) in [6, 6.07) is 28.1. The van der Waals surface area contributed by atoms with E-state index in [0.29, 0.717) is 0 Å². The number of rotatable bonds is 1. The molecule has 0 saturated carbocycles. The smallest absolute Gasteiger partial charge is 0.0705 e. The van der Waals surface area contributed by atoms with Gasteiger partial charge in [0.2, 0.25) is 0 Å². The van der Waals surface area contributed by atoms with E-state index in [9.17, 15) is 0 Å². The lowest BCUT2D eigenvalue weighted by molar-refractivity contribution is 1.28. The van der Waals surface area contributed by atoms with Crippen molar-refractivity contribution in [2.45, 2.75) is 16.7 Å². The van der Waals surface area contributed by atoms with Crippen LogP contribution in [0.4, 0.5) is 0 Å². The van der Waals surface area contributed by atoms with Gasteiger partial charge in [0, 0.05) is 21.6 Å². The molecule has 4 aromatic rings. The van der Waals surface area contributed by atoms with Gasteiger partial charge >= 0.3 is 0 Å². The molecule has 26 heavy (non-hydrogen) atoms. The Morgan fingerprint density at radius 2 is 1.31 bits per heavy atom. The normalized spacial score (nSPS) is 11.9. The third-order valence-electron chi connectivity index (χ3n) is 4.88. The minimum atomic E-state index is 1.03. The lowest BCUT2D eigenvalue weighted by Gasteiger charge is -2.13. The Labute approximate surface area is 157 Å². The van der Waals surface area contributed by atoms with Crippen molar-refractivity contribution < 1.29 is 0 Å². The topological polar surface area (TPSA) is 12.9 Å². The summed E-state index contributed by atoms with van der Waals surface area (Å²) in [5.74, 6) is 0. The molecule has 0 atom stereocenters. The summed E-state index contributed by atoms with van der Waals surface area (Å²) in [4.78, 5) is 7.15. The molecule has 5 rings (SSSR count). The molecular weight excluding hydrogens is 334 g/mol. The zero-order valence-electron chi connectivity index (χ0n) is 14.4. The number of aryl methyl sites for hydroxylation is 1. The second kappa shape index (κ2) is 6.15. The molecule has 1 nitrogen and oxygen atoms in total. The Morgan fingerprint density at radius 3 is 2.08 bits per heavy atom. The van der Waals surface area contributed by atoms with Gasteiger partial charge in [-0.15, -0.1) is 0 Å². The molecule has 1 aromatic heterocycles. The molecule has 0 saturated heterocycles. The number of benzene rings is 3. The van der Waals surface area contributed by atoms with Crippen molar-refractivity contribution in [2.24, 2.45) is 0 Å². The first kappa shape index (κ1) is 15.4. The largest absolute Gasteiger partial charge is 0.256 e. The van der Waals surface area contributed by atoms with Crippen LogP contribution in [0.5, 0.6) is 0 Å². The summed E-state index contributed by atoms with van der Waals surface area (Å²) in [6.45, 7) is 2.18. The Kier molecular flexibility index (Phi) is 3.65. The highest BCUT2D eigenvalue weighted by molar-refractivity contribution is 7.99. The Hall–Kier alpha value is -2.84. The van der Waals surface area contributed by atoms with Crippen molar-refractivity contribution in [3.8, 4) is 33.5 Å². The molecule has 0 N–H and O–H groups in total. The van der Waals surface area contributed by atoms with Gasteiger partial charge in [-0.25, -0.2) is 0 Å². The molecule has 0 radical (unpaired) electrons. The van der Waals surface area contributed by atoms with E-state index in [-0.39, 0.29) is 0 Å². The van der Waals surface area contributed by atoms with Crippen LogP contribution in [-0.2, 0) is 0 Å². The first-order valence-electron chi connectivity index (χ1n) is 8.74. The van der Waals surface area contributed by atoms with Crippen LogP contribution in [0, 0.1) is 6.92 Å². The first-order chi connectivity index (χ1) is 12.8. The summed E-state index contributed by atoms with van der Waals surface area (Å²) in [5, 5.41) is 0. The molecular formula is C24H17NS. The van der Waals surface area contributed by atoms with Gasteiger partial charge < -0.3 is 0 Å². The van der Waals surface area contributed by atoms with Crippen molar-refractivity contribution in [1.82, 2.24) is 4.98 Å². The van der Waals surface area contributed by atoms with Crippen LogP contribution in [-0.4, -0.2) is 4.98 Å². The van der Waals surface area contributed by atoms with E-state index in [0.717, 1.165) is 5.69 Å². The molecule has 1 aliphatic heterocycles. The van der Waals surface area contributed by atoms with Crippen LogP contribution >= 0.6 is 11.8 Å². The van der Waals surface area contributed by atoms with Gasteiger partial charge in [0.1, 0.15) is 0 Å². The average Bonchev–Trinajstić information content (AvgIpc) is 2.83. The van der Waals surface area contributed by atoms with Gasteiger partial charge in [-0.2, -0.15) is 0 Å². The maximum atomic E-state index is 4.56. The van der Waals surface area contributed by atoms with Gasteiger partial charge in [0.25, 0.3) is 0 Å². The lowest BCUT2D eigenvalue weighted by atomic mass is 9.92. The highest BCUT2D eigenvalue weighted by Crippen LogP contribution is 2.49. The van der Waals surface area contributed by atoms with Crippen molar-refractivity contribution >= 4 is 11.8 Å². The van der Waals surface area contributed by atoms with Crippen molar-refractivity contribution in [3.63, 3.8) is 0 Å². The van der Waals surface area contributed by atoms with Gasteiger partial charge in [0.15, 0.2) is 0 Å². The van der Waals surface area contributed by atoms with Crippen molar-refractivity contribution in [3.05, 3.63) is 90.6 Å². The third kappa shape index (κ3) is 2.46. The molecule has 0 bridgehead atoms. The lowest BCUT2D eigenvalue weighted by Crippen LogP contribution is -1.91. The molecule has 0 amide bonds. The highest BCUT2D eigenvalue weighted by atomic mass is 32.2. The van der Waals surface area contributed by atoms with Crippen LogP contribution < -0.4 is 0 Å². The van der Waals surface area contributed by atoms with Gasteiger partial charge in [0.05, 0.1) is 5.69 Å². The number of hydrogen-bond donors (Lipinski definition) is 0. The van der Waals surface area contributed by atoms with E-state index in [2.05, 4.69) is 78.6 Å². The molecule has 2 heterocycles. The van der Waals surface area contributed by atoms with E-state index in [1.165, 1.54) is 43.2 Å². The molecule has 0 aliphatic carbocycles. The van der Waals surface area contributed by atoms with Crippen LogP contribution in [0.3, 0.4) is 0 Å². The Balaban J connectivity index is 1.80. The quantitative estimate of drug-likeness (QED) is 0.327. The number of nitrogens with zero attached hydrogens (tertiary/aromatic N) is 1. The summed E-state index contributed by atoms with van der Waals surface area (Å²) in [5.41, 5.74) is 8.70. The average molecular weight is 351 g/mol. The maximum absolute atomic E-state index is 4.56. The van der Waals surface area contributed by atoms with Crippen LogP contribution in [0.1, 0.15) is 5.56 Å². The maximum Gasteiger partial charge on any atom is 0.0705 e. The molecule has 0 unspecified atom stereocenters. The van der Waals surface area contributed by atoms with E-state index >= 15 is 0 Å². The number of fused-ring (bicyclic) bond motifs is 5. The van der Waals surface area contributed by atoms with E-state index in [1.54, 1.807) is 0 Å². The fourth-order valence-corrected chi connectivity index (χ4v) is 4.76. The van der Waals surface area contributed by atoms with E-state index in [4.69, 9.17) is 0 Å². The molecule has 3 aromatic carbocycles. The SMILES string of the molecule is Cc1cc2c(cc1-c1ccccn1)Sc1ccccc1-c1ccccc1-2. The number of pyridine rings is 1. The zero-order chi connectivity index (χ0) is 17.5. The third-order valence-corrected chi connectivity index (χ3v) is 6.02. The second-order valence-electron chi connectivity index (χ2n) is 6.52. The van der Waals surface area contributed by atoms with Crippen LogP contribution in [0.2, 0.25) is 0 Å². The molecule has 124 valence electrons. The van der Waals surface area contributed by atoms with Gasteiger partial charge in [-0.05, 0) is 65.1 Å². The number of hydrogen-bond acceptors (Lipinski definition) is 2. The summed E-state index contributed by atoms with van der Waals surface area (Å²) in [7, 11) is 0. The highest BCUT2D eigenvalue weighted by Gasteiger charge is 2.20. The summed E-state index contributed by atoms with van der Waals surface area (Å²) in [6.07, 6.45) is 1.86. The van der Waals surface area contributed by atoms with Crippen LogP contribution in [0.25, 0.3) is 33.5 Å². The van der Waals surface area contributed by atoms with Crippen molar-refractivity contribution in [2.75, 3.05) is 0 Å². The first-order valence-corrected chi connectivity index (χ1v) is 9.55. The van der Waals surface area contributed by atoms with Gasteiger partial charge in [-0.1, -0.05) is 60.3 Å². The predicted octanol–water partition coefficient (Wildman–Crippen LogP) is 6.86. The molecule has 2 heteroatoms. The number of aromatic nitrogens is 1. The summed E-state index contributed by atoms with van der Waals surface area (Å²) >= 11 is 1.85. The monoisotopic (exact) mass is 351 g/mol. The minimum Gasteiger partial charge on any atom is -0.256 e. The predicted molar refractivity (Wildman–Crippen MR) is 109 cm³/mol. The molecule has 0 spiro atoms. The van der Waals surface area contributed by atoms with Crippen molar-refractivity contribution in [1.29, 1.82) is 0 Å². The minimum absolute atomic E-state index is 1.03. The fraction of sp³-hybridized carbons (Fsp3) is 0.0417. The molecule has 1 aliphatic rings. The summed E-state index contributed by atoms with van der Waals surface area (Å²) < 4.78 is 0. The van der Waals surface area contributed by atoms with Gasteiger partial charge in [-0.3, -0.25) is 4.98 Å². The second-order valence-corrected chi connectivity index (χ2v) is 7.61. The van der Waals surface area contributed by atoms with Crippen LogP contribution in [0.15, 0.2) is 94.9 Å². The Bertz CT molecular complexity index is 1120. The standard InChI is InChI=1S/C24H17NS/c1-16-14-21-18-9-3-2-8-17(18)19-10-4-5-12-23(19)26-24(21)15-20(16)22-11-6-7-13-25-22/h2-15H,1H3. The van der Waals surface area contributed by atoms with E-state index < -0.39 is 0 Å². The fourth-order valence-electron chi connectivity index (χ4n) is 3.63. The van der Waals surface area contributed by atoms with E-state index in [1.807, 2.05) is 30.1 Å². The Morgan fingerprint density at radius 1 is 0.615 bits per heavy atom. The zero-order valence-corrected chi connectivity index (χ0v) is 15.3.